The summed E-state index contributed by atoms with van der Waals surface area (Å²) in [5, 5.41) is 6.12. The summed E-state index contributed by atoms with van der Waals surface area (Å²) in [5.41, 5.74) is 5.21. The number of benzene rings is 4. The van der Waals surface area contributed by atoms with Gasteiger partial charge in [0.25, 0.3) is 0 Å². The van der Waals surface area contributed by atoms with Crippen LogP contribution in [0.5, 0.6) is 0 Å². The molecule has 0 fully saturated rings. The maximum absolute atomic E-state index is 5.05. The minimum absolute atomic E-state index is 0.896. The van der Waals surface area contributed by atoms with Gasteiger partial charge in [-0.15, -0.1) is 11.3 Å². The Kier molecular flexibility index (Phi) is 4.05. The highest BCUT2D eigenvalue weighted by Crippen LogP contribution is 2.40. The zero-order valence-electron chi connectivity index (χ0n) is 17.7. The van der Waals surface area contributed by atoms with Gasteiger partial charge < -0.3 is 0 Å². The largest absolute Gasteiger partial charge is 0.255 e. The molecule has 0 unspecified atom stereocenters. The van der Waals surface area contributed by atoms with Crippen LogP contribution in [0.1, 0.15) is 0 Å². The predicted molar refractivity (Wildman–Crippen MR) is 141 cm³/mol. The Bertz CT molecular complexity index is 1830. The molecule has 0 bridgehead atoms. The molecule has 154 valence electrons. The van der Waals surface area contributed by atoms with Gasteiger partial charge in [0.2, 0.25) is 0 Å². The highest BCUT2D eigenvalue weighted by atomic mass is 32.1. The summed E-state index contributed by atoms with van der Waals surface area (Å²) in [7, 11) is 0. The molecule has 2 nitrogen and oxygen atoms in total. The van der Waals surface area contributed by atoms with Gasteiger partial charge in [0.1, 0.15) is 0 Å². The summed E-state index contributed by atoms with van der Waals surface area (Å²) in [6.45, 7) is 0. The van der Waals surface area contributed by atoms with E-state index >= 15 is 0 Å². The zero-order valence-corrected chi connectivity index (χ0v) is 18.5. The summed E-state index contributed by atoms with van der Waals surface area (Å²) in [4.78, 5) is 9.80. The van der Waals surface area contributed by atoms with Gasteiger partial charge in [-0.25, -0.2) is 4.98 Å². The van der Waals surface area contributed by atoms with Gasteiger partial charge in [-0.1, -0.05) is 78.9 Å². The first-order chi connectivity index (χ1) is 16.4. The van der Waals surface area contributed by atoms with Crippen molar-refractivity contribution in [3.63, 3.8) is 0 Å². The third kappa shape index (κ3) is 2.86. The van der Waals surface area contributed by atoms with Crippen LogP contribution in [0.25, 0.3) is 64.4 Å². The van der Waals surface area contributed by atoms with E-state index in [1.165, 1.54) is 36.5 Å². The first kappa shape index (κ1) is 18.5. The van der Waals surface area contributed by atoms with Crippen LogP contribution in [-0.4, -0.2) is 9.97 Å². The van der Waals surface area contributed by atoms with Crippen LogP contribution in [-0.2, 0) is 0 Å². The molecule has 7 rings (SSSR count). The predicted octanol–water partition coefficient (Wildman–Crippen LogP) is 8.48. The lowest BCUT2D eigenvalue weighted by atomic mass is 9.99. The van der Waals surface area contributed by atoms with Crippen LogP contribution in [0, 0.1) is 0 Å². The normalized spacial score (nSPS) is 11.6. The summed E-state index contributed by atoms with van der Waals surface area (Å²) in [5.74, 6) is 0. The Morgan fingerprint density at radius 3 is 2.21 bits per heavy atom. The van der Waals surface area contributed by atoms with E-state index in [0.29, 0.717) is 0 Å². The molecule has 0 radical (unpaired) electrons. The summed E-state index contributed by atoms with van der Waals surface area (Å²) >= 11 is 1.85. The van der Waals surface area contributed by atoms with Crippen LogP contribution in [0.3, 0.4) is 0 Å². The molecule has 0 spiro atoms. The number of para-hydroxylation sites is 1. The SMILES string of the molecule is c1ccc2c(c1)nc(-c1cc(-c3cccc4c3sc3ccccc34)ccn1)c1ccccc12. The van der Waals surface area contributed by atoms with Crippen molar-refractivity contribution >= 4 is 53.2 Å². The minimum Gasteiger partial charge on any atom is -0.255 e. The maximum atomic E-state index is 5.05. The van der Waals surface area contributed by atoms with Gasteiger partial charge in [-0.05, 0) is 40.8 Å². The van der Waals surface area contributed by atoms with Gasteiger partial charge in [-0.2, -0.15) is 0 Å². The number of rotatable bonds is 2. The molecule has 0 aliphatic carbocycles. The van der Waals surface area contributed by atoms with Crippen molar-refractivity contribution in [2.45, 2.75) is 0 Å². The second-order valence-electron chi connectivity index (χ2n) is 8.23. The second kappa shape index (κ2) is 7.22. The highest BCUT2D eigenvalue weighted by Gasteiger charge is 2.14. The second-order valence-corrected chi connectivity index (χ2v) is 9.29. The lowest BCUT2D eigenvalue weighted by molar-refractivity contribution is 1.29. The molecule has 33 heavy (non-hydrogen) atoms. The molecule has 3 heteroatoms. The van der Waals surface area contributed by atoms with Gasteiger partial charge in [-0.3, -0.25) is 4.98 Å². The number of hydrogen-bond donors (Lipinski definition) is 0. The van der Waals surface area contributed by atoms with Crippen molar-refractivity contribution in [3.05, 3.63) is 109 Å². The number of nitrogens with zero attached hydrogens (tertiary/aromatic N) is 2. The van der Waals surface area contributed by atoms with Crippen molar-refractivity contribution in [2.24, 2.45) is 0 Å². The maximum Gasteiger partial charge on any atom is 0.0972 e. The molecule has 0 saturated heterocycles. The summed E-state index contributed by atoms with van der Waals surface area (Å²) in [6, 6.07) is 36.3. The zero-order chi connectivity index (χ0) is 21.8. The number of fused-ring (bicyclic) bond motifs is 6. The summed E-state index contributed by atoms with van der Waals surface area (Å²) < 4.78 is 2.63. The topological polar surface area (TPSA) is 25.8 Å². The van der Waals surface area contributed by atoms with Gasteiger partial charge in [0.05, 0.1) is 16.9 Å². The van der Waals surface area contributed by atoms with Gasteiger partial charge in [0.15, 0.2) is 0 Å². The Morgan fingerprint density at radius 2 is 1.30 bits per heavy atom. The van der Waals surface area contributed by atoms with E-state index in [1.54, 1.807) is 0 Å². The van der Waals surface area contributed by atoms with Crippen molar-refractivity contribution in [1.29, 1.82) is 0 Å². The number of hydrogen-bond acceptors (Lipinski definition) is 3. The Balaban J connectivity index is 1.48. The van der Waals surface area contributed by atoms with Crippen LogP contribution in [0.15, 0.2) is 109 Å². The molecule has 3 aromatic heterocycles. The monoisotopic (exact) mass is 438 g/mol. The summed E-state index contributed by atoms with van der Waals surface area (Å²) in [6.07, 6.45) is 1.91. The van der Waals surface area contributed by atoms with Crippen molar-refractivity contribution in [3.8, 4) is 22.5 Å². The lowest BCUT2D eigenvalue weighted by Gasteiger charge is -2.11. The molecule has 0 N–H and O–H groups in total. The van der Waals surface area contributed by atoms with E-state index in [-0.39, 0.29) is 0 Å². The standard InChI is InChI=1S/C30H18N2S/c1-2-11-24-21(8-1)22-9-3-5-14-26(22)32-29(24)27-18-19(16-17-31-27)20-12-7-13-25-23-10-4-6-15-28(23)33-30(20)25/h1-18H. The number of pyridine rings is 2. The van der Waals surface area contributed by atoms with E-state index < -0.39 is 0 Å². The van der Waals surface area contributed by atoms with Crippen LogP contribution >= 0.6 is 11.3 Å². The average Bonchev–Trinajstić information content (AvgIpc) is 3.27. The first-order valence-corrected chi connectivity index (χ1v) is 11.8. The molecule has 7 aromatic rings. The molecular formula is C30H18N2S. The molecule has 0 aliphatic heterocycles. The van der Waals surface area contributed by atoms with Crippen molar-refractivity contribution in [1.82, 2.24) is 9.97 Å². The fourth-order valence-corrected chi connectivity index (χ4v) is 6.04. The lowest BCUT2D eigenvalue weighted by Crippen LogP contribution is -1.92. The van der Waals surface area contributed by atoms with E-state index in [0.717, 1.165) is 27.9 Å². The molecule has 0 saturated carbocycles. The number of aromatic nitrogens is 2. The molecule has 4 aromatic carbocycles. The van der Waals surface area contributed by atoms with E-state index in [9.17, 15) is 0 Å². The number of thiophene rings is 1. The average molecular weight is 439 g/mol. The van der Waals surface area contributed by atoms with E-state index in [4.69, 9.17) is 9.97 Å². The fraction of sp³-hybridized carbons (Fsp3) is 0. The smallest absolute Gasteiger partial charge is 0.0972 e. The minimum atomic E-state index is 0.896. The molecule has 0 aliphatic rings. The van der Waals surface area contributed by atoms with Gasteiger partial charge in [0, 0.05) is 37.1 Å². The third-order valence-corrected chi connectivity index (χ3v) is 7.55. The van der Waals surface area contributed by atoms with E-state index in [2.05, 4.69) is 97.1 Å². The first-order valence-electron chi connectivity index (χ1n) is 11.0. The third-order valence-electron chi connectivity index (χ3n) is 6.33. The Morgan fingerprint density at radius 1 is 0.576 bits per heavy atom. The van der Waals surface area contributed by atoms with Gasteiger partial charge >= 0.3 is 0 Å². The molecule has 0 amide bonds. The molecular weight excluding hydrogens is 420 g/mol. The Labute approximate surface area is 194 Å². The van der Waals surface area contributed by atoms with Crippen molar-refractivity contribution in [2.75, 3.05) is 0 Å². The molecule has 3 heterocycles. The van der Waals surface area contributed by atoms with E-state index in [1.807, 2.05) is 23.6 Å². The fourth-order valence-electron chi connectivity index (χ4n) is 4.80. The Hall–Kier alpha value is -4.08. The van der Waals surface area contributed by atoms with Crippen LogP contribution < -0.4 is 0 Å². The van der Waals surface area contributed by atoms with Crippen LogP contribution in [0.2, 0.25) is 0 Å². The van der Waals surface area contributed by atoms with Crippen molar-refractivity contribution < 1.29 is 0 Å². The quantitative estimate of drug-likeness (QED) is 0.253. The van der Waals surface area contributed by atoms with Crippen LogP contribution in [0.4, 0.5) is 0 Å². The molecule has 0 atom stereocenters. The highest BCUT2D eigenvalue weighted by molar-refractivity contribution is 7.26.